The lowest BCUT2D eigenvalue weighted by atomic mass is 9.80. The van der Waals surface area contributed by atoms with Gasteiger partial charge >= 0.3 is 5.84 Å². The minimum Gasteiger partial charge on any atom is -0.422 e. The van der Waals surface area contributed by atoms with Crippen LogP contribution in [0.5, 0.6) is 0 Å². The second-order valence-electron chi connectivity index (χ2n) is 14.7. The third-order valence-corrected chi connectivity index (χ3v) is 11.3. The van der Waals surface area contributed by atoms with E-state index in [-0.39, 0.29) is 0 Å². The summed E-state index contributed by atoms with van der Waals surface area (Å²) in [7, 11) is 0. The minimum atomic E-state index is -0.814. The number of fused-ring (bicyclic) bond motifs is 5. The standard InChI is InChI=1S/C51H37N5O/c1-5-17-34(18-6-1)39-31-40(35-19-7-2-8-20-35)45(37-25-11-4-12-26-37)47(44(39)36-23-9-3-10-24-36)50-53-32-52-49(55-50)46-38(33-21-13-14-22-33)29-30-43-48(46)57-51-54-41-27-15-16-28-42(41)56(43)51/h1-12,15-20,23-33H,13-14,21-22H2/i33D. The molecule has 0 aliphatic heterocycles. The van der Waals surface area contributed by atoms with E-state index in [0.29, 0.717) is 23.1 Å². The minimum absolute atomic E-state index is 0.467. The highest BCUT2D eigenvalue weighted by Crippen LogP contribution is 2.50. The Hall–Kier alpha value is -7.18. The molecule has 272 valence electrons. The molecule has 3 heterocycles. The van der Waals surface area contributed by atoms with Gasteiger partial charge < -0.3 is 4.42 Å². The summed E-state index contributed by atoms with van der Waals surface area (Å²) in [4.78, 5) is 20.3. The molecule has 0 atom stereocenters. The summed E-state index contributed by atoms with van der Waals surface area (Å²) in [5, 5.41) is 0. The van der Waals surface area contributed by atoms with Crippen molar-refractivity contribution in [2.45, 2.75) is 31.6 Å². The first-order chi connectivity index (χ1) is 28.6. The van der Waals surface area contributed by atoms with E-state index in [1.165, 1.54) is 0 Å². The van der Waals surface area contributed by atoms with Gasteiger partial charge in [-0.1, -0.05) is 152 Å². The van der Waals surface area contributed by atoms with E-state index in [1.54, 1.807) is 6.33 Å². The molecule has 6 heteroatoms. The summed E-state index contributed by atoms with van der Waals surface area (Å²) in [5.41, 5.74) is 14.2. The first-order valence-electron chi connectivity index (χ1n) is 20.1. The van der Waals surface area contributed by atoms with Crippen molar-refractivity contribution < 1.29 is 5.79 Å². The molecule has 1 aliphatic rings. The second-order valence-corrected chi connectivity index (χ2v) is 14.7. The Balaban J connectivity index is 1.26. The summed E-state index contributed by atoms with van der Waals surface area (Å²) < 4.78 is 18.6. The number of aromatic nitrogens is 5. The van der Waals surface area contributed by atoms with Gasteiger partial charge in [0.25, 0.3) is 0 Å². The summed E-state index contributed by atoms with van der Waals surface area (Å²) in [5.74, 6) is 0.684. The van der Waals surface area contributed by atoms with Crippen LogP contribution in [0.1, 0.15) is 38.5 Å². The molecule has 1 saturated carbocycles. The van der Waals surface area contributed by atoms with Gasteiger partial charge in [-0.05, 0) is 81.9 Å². The maximum atomic E-state index is 9.84. The third kappa shape index (κ3) is 5.63. The predicted molar refractivity (Wildman–Crippen MR) is 230 cm³/mol. The van der Waals surface area contributed by atoms with Gasteiger partial charge in [0.15, 0.2) is 17.2 Å². The number of nitrogens with zero attached hydrogens (tertiary/aromatic N) is 5. The summed E-state index contributed by atoms with van der Waals surface area (Å²) in [6.07, 6.45) is 5.10. The van der Waals surface area contributed by atoms with Gasteiger partial charge in [0.2, 0.25) is 0 Å². The molecule has 0 unspecified atom stereocenters. The van der Waals surface area contributed by atoms with Crippen LogP contribution in [0.2, 0.25) is 0 Å². The van der Waals surface area contributed by atoms with Gasteiger partial charge in [0.05, 0.1) is 22.1 Å². The zero-order valence-electron chi connectivity index (χ0n) is 32.1. The summed E-state index contributed by atoms with van der Waals surface area (Å²) in [6, 6.07) is 56.8. The number of imidazole rings is 1. The smallest absolute Gasteiger partial charge is 0.307 e. The van der Waals surface area contributed by atoms with Crippen LogP contribution in [0.4, 0.5) is 0 Å². The number of hydrogen-bond donors (Lipinski definition) is 0. The first-order valence-corrected chi connectivity index (χ1v) is 19.6. The highest BCUT2D eigenvalue weighted by Gasteiger charge is 2.29. The highest BCUT2D eigenvalue weighted by molar-refractivity contribution is 6.06. The molecule has 0 amide bonds. The molecule has 1 fully saturated rings. The second kappa shape index (κ2) is 13.8. The van der Waals surface area contributed by atoms with Crippen molar-refractivity contribution in [1.29, 1.82) is 0 Å². The number of benzene rings is 7. The summed E-state index contributed by atoms with van der Waals surface area (Å²) >= 11 is 0. The molecule has 3 aromatic heterocycles. The Morgan fingerprint density at radius 3 is 1.63 bits per heavy atom. The number of rotatable bonds is 7. The molecular formula is C51H37N5O. The molecule has 10 aromatic rings. The van der Waals surface area contributed by atoms with E-state index in [4.69, 9.17) is 24.4 Å². The predicted octanol–water partition coefficient (Wildman–Crippen LogP) is 13.1. The summed E-state index contributed by atoms with van der Waals surface area (Å²) in [6.45, 7) is 0. The quantitative estimate of drug-likeness (QED) is 0.163. The maximum absolute atomic E-state index is 9.84. The van der Waals surface area contributed by atoms with E-state index in [1.807, 2.05) is 30.3 Å². The van der Waals surface area contributed by atoms with E-state index in [2.05, 4.69) is 138 Å². The van der Waals surface area contributed by atoms with Gasteiger partial charge in [0, 0.05) is 18.1 Å². The highest BCUT2D eigenvalue weighted by atomic mass is 16.4. The number of oxazole rings is 1. The Kier molecular flexibility index (Phi) is 7.79. The SMILES string of the molecule is [2H]C1(c2ccc3c(oc4nc5ccccc5n43)c2-c2ncnc(-c3c(-c4ccccc4)c(-c4ccccc4)cc(-c4ccccc4)c3-c3ccccc3)n2)CCCC1. The lowest BCUT2D eigenvalue weighted by Gasteiger charge is -2.23. The lowest BCUT2D eigenvalue weighted by Crippen LogP contribution is -2.04. The Bertz CT molecular complexity index is 3020. The van der Waals surface area contributed by atoms with Crippen molar-refractivity contribution in [1.82, 2.24) is 24.3 Å². The van der Waals surface area contributed by atoms with Crippen molar-refractivity contribution >= 4 is 28.0 Å². The fourth-order valence-corrected chi connectivity index (χ4v) is 8.78. The van der Waals surface area contributed by atoms with Gasteiger partial charge in [-0.15, -0.1) is 0 Å². The topological polar surface area (TPSA) is 69.1 Å². The zero-order chi connectivity index (χ0) is 38.6. The van der Waals surface area contributed by atoms with Crippen LogP contribution in [-0.2, 0) is 0 Å². The van der Waals surface area contributed by atoms with Gasteiger partial charge in [-0.3, -0.25) is 4.40 Å². The Morgan fingerprint density at radius 1 is 0.509 bits per heavy atom. The number of para-hydroxylation sites is 2. The molecular weight excluding hydrogens is 699 g/mol. The van der Waals surface area contributed by atoms with E-state index in [0.717, 1.165) is 103 Å². The normalized spacial score (nSPS) is 14.1. The third-order valence-electron chi connectivity index (χ3n) is 11.3. The van der Waals surface area contributed by atoms with Crippen LogP contribution >= 0.6 is 0 Å². The molecule has 0 radical (unpaired) electrons. The van der Waals surface area contributed by atoms with E-state index in [9.17, 15) is 1.37 Å². The Labute approximate surface area is 331 Å². The molecule has 0 bridgehead atoms. The number of hydrogen-bond acceptors (Lipinski definition) is 5. The first kappa shape index (κ1) is 32.1. The lowest BCUT2D eigenvalue weighted by molar-refractivity contribution is 0.641. The Morgan fingerprint density at radius 2 is 1.04 bits per heavy atom. The van der Waals surface area contributed by atoms with Gasteiger partial charge in [0.1, 0.15) is 6.33 Å². The fraction of sp³-hybridized carbons (Fsp3) is 0.0980. The van der Waals surface area contributed by atoms with Crippen LogP contribution in [-0.4, -0.2) is 24.3 Å². The molecule has 7 aromatic carbocycles. The molecule has 1 aliphatic carbocycles. The fourth-order valence-electron chi connectivity index (χ4n) is 8.78. The van der Waals surface area contributed by atoms with Crippen LogP contribution < -0.4 is 0 Å². The molecule has 11 rings (SSSR count). The van der Waals surface area contributed by atoms with Gasteiger partial charge in [-0.2, -0.15) is 4.98 Å². The van der Waals surface area contributed by atoms with E-state index < -0.39 is 5.89 Å². The largest absolute Gasteiger partial charge is 0.422 e. The van der Waals surface area contributed by atoms with Crippen molar-refractivity contribution in [3.63, 3.8) is 0 Å². The molecule has 0 N–H and O–H groups in total. The van der Waals surface area contributed by atoms with Crippen LogP contribution in [0.15, 0.2) is 175 Å². The average Bonchev–Trinajstić information content (AvgIpc) is 4.01. The monoisotopic (exact) mass is 736 g/mol. The molecule has 0 spiro atoms. The maximum Gasteiger partial charge on any atom is 0.307 e. The van der Waals surface area contributed by atoms with Crippen LogP contribution in [0.3, 0.4) is 0 Å². The van der Waals surface area contributed by atoms with Crippen LogP contribution in [0, 0.1) is 0 Å². The van der Waals surface area contributed by atoms with Crippen LogP contribution in [0.25, 0.3) is 95.3 Å². The van der Waals surface area contributed by atoms with Crippen molar-refractivity contribution in [2.24, 2.45) is 0 Å². The molecule has 6 nitrogen and oxygen atoms in total. The zero-order valence-corrected chi connectivity index (χ0v) is 31.1. The van der Waals surface area contributed by atoms with Crippen molar-refractivity contribution in [3.05, 3.63) is 176 Å². The average molecular weight is 737 g/mol. The van der Waals surface area contributed by atoms with Gasteiger partial charge in [-0.25, -0.2) is 15.0 Å². The van der Waals surface area contributed by atoms with Crippen molar-refractivity contribution in [3.8, 4) is 67.3 Å². The molecule has 57 heavy (non-hydrogen) atoms. The molecule has 0 saturated heterocycles. The van der Waals surface area contributed by atoms with Crippen molar-refractivity contribution in [2.75, 3.05) is 0 Å². The van der Waals surface area contributed by atoms with E-state index >= 15 is 0 Å².